The zero-order chi connectivity index (χ0) is 23.8. The standard InChI is InChI=1S/C18H34N4O9/c1-3-10-21-19(2)22(31)18(29,30)9-7-5-4-6-8-17(11-14(23)24,12-15(25)26)20(21)13-16(27)28/h29-31H,3-13H2,1-2H3,(H,23,24)(H,25,26)(H,27,28). The fourth-order valence-electron chi connectivity index (χ4n) is 3.96. The van der Waals surface area contributed by atoms with Crippen molar-refractivity contribution < 1.29 is 45.1 Å². The van der Waals surface area contributed by atoms with E-state index in [4.69, 9.17) is 0 Å². The number of hydroxylamine groups is 1. The molecule has 6 N–H and O–H groups in total. The third kappa shape index (κ3) is 7.64. The predicted molar refractivity (Wildman–Crippen MR) is 105 cm³/mol. The second kappa shape index (κ2) is 11.7. The maximum Gasteiger partial charge on any atom is 0.319 e. The lowest BCUT2D eigenvalue weighted by Gasteiger charge is -2.52. The zero-order valence-corrected chi connectivity index (χ0v) is 18.0. The molecule has 1 rings (SSSR count). The summed E-state index contributed by atoms with van der Waals surface area (Å²) in [5.41, 5.74) is -1.63. The van der Waals surface area contributed by atoms with Gasteiger partial charge in [0.05, 0.1) is 18.4 Å². The molecule has 0 aliphatic carbocycles. The summed E-state index contributed by atoms with van der Waals surface area (Å²) in [6, 6.07) is 0. The van der Waals surface area contributed by atoms with Gasteiger partial charge in [-0.15, -0.1) is 5.12 Å². The van der Waals surface area contributed by atoms with Crippen LogP contribution >= 0.6 is 0 Å². The lowest BCUT2D eigenvalue weighted by molar-refractivity contribution is -0.485. The summed E-state index contributed by atoms with van der Waals surface area (Å²) in [6.07, 6.45) is 0.785. The van der Waals surface area contributed by atoms with Gasteiger partial charge in [-0.2, -0.15) is 5.12 Å². The Morgan fingerprint density at radius 2 is 1.39 bits per heavy atom. The van der Waals surface area contributed by atoms with Crippen LogP contribution in [0.5, 0.6) is 0 Å². The van der Waals surface area contributed by atoms with Crippen molar-refractivity contribution in [1.29, 1.82) is 0 Å². The Labute approximate surface area is 180 Å². The fourth-order valence-corrected chi connectivity index (χ4v) is 3.96. The van der Waals surface area contributed by atoms with Crippen LogP contribution in [0.1, 0.15) is 64.7 Å². The van der Waals surface area contributed by atoms with Gasteiger partial charge in [-0.3, -0.25) is 19.6 Å². The monoisotopic (exact) mass is 450 g/mol. The molecule has 0 bridgehead atoms. The van der Waals surface area contributed by atoms with Gasteiger partial charge in [0, 0.05) is 20.0 Å². The minimum Gasteiger partial charge on any atom is -0.481 e. The second-order valence-corrected chi connectivity index (χ2v) is 7.88. The Balaban J connectivity index is 3.65. The van der Waals surface area contributed by atoms with Crippen LogP contribution in [0.3, 0.4) is 0 Å². The van der Waals surface area contributed by atoms with Crippen LogP contribution in [-0.2, 0) is 14.4 Å². The molecular weight excluding hydrogens is 416 g/mol. The summed E-state index contributed by atoms with van der Waals surface area (Å²) < 4.78 is 0. The highest BCUT2D eigenvalue weighted by molar-refractivity contribution is 5.74. The predicted octanol–water partition coefficient (Wildman–Crippen LogP) is 0.134. The number of carboxylic acids is 3. The largest absolute Gasteiger partial charge is 0.481 e. The molecule has 1 aliphatic heterocycles. The lowest BCUT2D eigenvalue weighted by Crippen LogP contribution is -2.69. The van der Waals surface area contributed by atoms with Crippen molar-refractivity contribution in [2.75, 3.05) is 20.1 Å². The maximum absolute atomic E-state index is 11.7. The van der Waals surface area contributed by atoms with Gasteiger partial charge >= 0.3 is 17.9 Å². The van der Waals surface area contributed by atoms with E-state index in [2.05, 4.69) is 0 Å². The van der Waals surface area contributed by atoms with E-state index in [9.17, 15) is 45.1 Å². The van der Waals surface area contributed by atoms with E-state index >= 15 is 0 Å². The van der Waals surface area contributed by atoms with Crippen molar-refractivity contribution in [3.63, 3.8) is 0 Å². The van der Waals surface area contributed by atoms with Gasteiger partial charge in [-0.25, -0.2) is 5.01 Å². The van der Waals surface area contributed by atoms with Crippen molar-refractivity contribution >= 4 is 17.9 Å². The van der Waals surface area contributed by atoms with Crippen LogP contribution in [0.4, 0.5) is 0 Å². The van der Waals surface area contributed by atoms with E-state index in [1.807, 2.05) is 0 Å². The second-order valence-electron chi connectivity index (χ2n) is 7.88. The molecule has 13 heteroatoms. The van der Waals surface area contributed by atoms with E-state index in [0.29, 0.717) is 32.1 Å². The first-order valence-corrected chi connectivity index (χ1v) is 10.2. The fraction of sp³-hybridized carbons (Fsp3) is 0.833. The Kier molecular flexibility index (Phi) is 10.2. The van der Waals surface area contributed by atoms with Crippen LogP contribution < -0.4 is 0 Å². The van der Waals surface area contributed by atoms with Gasteiger partial charge in [0.1, 0.15) is 6.54 Å². The number of aliphatic hydroxyl groups is 2. The number of aliphatic carboxylic acids is 3. The summed E-state index contributed by atoms with van der Waals surface area (Å²) in [5, 5.41) is 63.0. The summed E-state index contributed by atoms with van der Waals surface area (Å²) in [6.45, 7) is 1.02. The third-order valence-corrected chi connectivity index (χ3v) is 5.33. The highest BCUT2D eigenvalue weighted by Gasteiger charge is 2.47. The van der Waals surface area contributed by atoms with Gasteiger partial charge in [0.2, 0.25) is 0 Å². The molecule has 0 radical (unpaired) electrons. The molecule has 0 atom stereocenters. The Hall–Kier alpha value is -1.87. The van der Waals surface area contributed by atoms with Crippen molar-refractivity contribution in [1.82, 2.24) is 20.4 Å². The first-order chi connectivity index (χ1) is 14.4. The number of hydrogen-bond acceptors (Lipinski definition) is 10. The van der Waals surface area contributed by atoms with Gasteiger partial charge in [-0.1, -0.05) is 26.2 Å². The van der Waals surface area contributed by atoms with E-state index in [1.165, 1.54) is 7.05 Å². The molecule has 0 unspecified atom stereocenters. The third-order valence-electron chi connectivity index (χ3n) is 5.33. The molecule has 0 saturated carbocycles. The van der Waals surface area contributed by atoms with Gasteiger partial charge < -0.3 is 25.5 Å². The van der Waals surface area contributed by atoms with Gasteiger partial charge in [0.25, 0.3) is 5.91 Å². The van der Waals surface area contributed by atoms with Crippen LogP contribution in [0.15, 0.2) is 0 Å². The highest BCUT2D eigenvalue weighted by Crippen LogP contribution is 2.34. The number of carboxylic acid groups (broad SMARTS) is 3. The molecule has 1 heterocycles. The van der Waals surface area contributed by atoms with E-state index in [-0.39, 0.29) is 24.6 Å². The summed E-state index contributed by atoms with van der Waals surface area (Å²) in [7, 11) is 1.24. The molecule has 0 aromatic heterocycles. The van der Waals surface area contributed by atoms with Crippen LogP contribution in [0.2, 0.25) is 0 Å². The van der Waals surface area contributed by atoms with Crippen LogP contribution in [0, 0.1) is 0 Å². The number of hydrazine groups is 3. The van der Waals surface area contributed by atoms with Crippen molar-refractivity contribution in [2.24, 2.45) is 0 Å². The maximum atomic E-state index is 11.7. The van der Waals surface area contributed by atoms with Crippen molar-refractivity contribution in [3.05, 3.63) is 0 Å². The van der Waals surface area contributed by atoms with Crippen LogP contribution in [0.25, 0.3) is 0 Å². The lowest BCUT2D eigenvalue weighted by atomic mass is 9.84. The number of carbonyl (C=O) groups is 3. The average Bonchev–Trinajstić information content (AvgIpc) is 2.64. The Morgan fingerprint density at radius 3 is 1.84 bits per heavy atom. The van der Waals surface area contributed by atoms with Gasteiger partial charge in [-0.05, 0) is 24.4 Å². The van der Waals surface area contributed by atoms with E-state index in [1.54, 1.807) is 6.92 Å². The minimum absolute atomic E-state index is 0.0396. The summed E-state index contributed by atoms with van der Waals surface area (Å²) >= 11 is 0. The average molecular weight is 450 g/mol. The molecule has 13 nitrogen and oxygen atoms in total. The van der Waals surface area contributed by atoms with Crippen LogP contribution in [-0.4, -0.2) is 101 Å². The molecule has 0 aromatic carbocycles. The zero-order valence-electron chi connectivity index (χ0n) is 18.0. The molecule has 31 heavy (non-hydrogen) atoms. The number of hydrogen-bond donors (Lipinski definition) is 6. The SMILES string of the molecule is CCCN1N(C)N(O)C(O)(O)CCCCCCC(CC(=O)O)(CC(=O)O)N1CC(=O)O. The highest BCUT2D eigenvalue weighted by atomic mass is 16.7. The molecule has 0 aromatic rings. The minimum atomic E-state index is -2.67. The molecule has 1 saturated heterocycles. The normalized spacial score (nSPS) is 22.4. The first-order valence-electron chi connectivity index (χ1n) is 10.2. The summed E-state index contributed by atoms with van der Waals surface area (Å²) in [5.74, 6) is -6.62. The smallest absolute Gasteiger partial charge is 0.319 e. The number of rotatable bonds is 8. The molecule has 1 aliphatic rings. The van der Waals surface area contributed by atoms with Crippen molar-refractivity contribution in [2.45, 2.75) is 76.2 Å². The van der Waals surface area contributed by atoms with E-state index < -0.39 is 48.7 Å². The molecule has 1 fully saturated rings. The van der Waals surface area contributed by atoms with Crippen molar-refractivity contribution in [3.8, 4) is 0 Å². The summed E-state index contributed by atoms with van der Waals surface area (Å²) in [4.78, 5) is 35.2. The topological polar surface area (TPSA) is 186 Å². The Morgan fingerprint density at radius 1 is 0.871 bits per heavy atom. The first kappa shape index (κ1) is 27.2. The molecule has 180 valence electrons. The van der Waals surface area contributed by atoms with E-state index in [0.717, 1.165) is 15.2 Å². The molecular formula is C18H34N4O9. The molecule has 0 spiro atoms. The Bertz CT molecular complexity index is 615. The quantitative estimate of drug-likeness (QED) is 0.274. The number of nitrogens with zero attached hydrogens (tertiary/aromatic N) is 4. The molecule has 0 amide bonds. The van der Waals surface area contributed by atoms with Gasteiger partial charge in [0.15, 0.2) is 0 Å².